The maximum absolute atomic E-state index is 14.2. The zero-order valence-corrected chi connectivity index (χ0v) is 28.6. The van der Waals surface area contributed by atoms with Gasteiger partial charge in [0.15, 0.2) is 16.0 Å². The molecular formula is C33H48O12S. The summed E-state index contributed by atoms with van der Waals surface area (Å²) in [6.07, 6.45) is 1.99. The number of esters is 3. The fraction of sp³-hybridized carbons (Fsp3) is 0.818. The van der Waals surface area contributed by atoms with E-state index in [9.17, 15) is 32.5 Å². The van der Waals surface area contributed by atoms with Gasteiger partial charge in [0.2, 0.25) is 0 Å². The average Bonchev–Trinajstić information content (AvgIpc) is 3.54. The van der Waals surface area contributed by atoms with Crippen LogP contribution in [-0.4, -0.2) is 79.9 Å². The molecule has 6 unspecified atom stereocenters. The largest absolute Gasteiger partial charge is 0.461 e. The summed E-state index contributed by atoms with van der Waals surface area (Å²) < 4.78 is 60.9. The Kier molecular flexibility index (Phi) is 7.81. The standard InChI is InChI=1S/C33H48O12S/c1-16-12-25(43-30(37)21(16)15-41-18(3)34)17(2)22-8-9-23-20-13-28-33(44-28)29(42-19(4)35)26(45-46(7,38,39)40)14-27(36)32(33,6)24(20)10-11-31(22,23)5/h17,20,22-26,28-29H,8-15H2,1-7H3,(H2,38,39,40)/t17-,20?,22?,23?,24?,25?,26-,28+,29-,31+,32-,33?/m0/s1. The van der Waals surface area contributed by atoms with Crippen LogP contribution in [0.15, 0.2) is 11.1 Å². The Morgan fingerprint density at radius 2 is 1.76 bits per heavy atom. The summed E-state index contributed by atoms with van der Waals surface area (Å²) in [7, 11) is -5.49. The van der Waals surface area contributed by atoms with Crippen LogP contribution in [0, 0.1) is 40.4 Å². The minimum Gasteiger partial charge on any atom is -0.461 e. The molecule has 0 amide bonds. The van der Waals surface area contributed by atoms with E-state index in [0.29, 0.717) is 30.6 Å². The van der Waals surface area contributed by atoms with Crippen LogP contribution < -0.4 is 0 Å². The Hall–Kier alpha value is -2.19. The maximum atomic E-state index is 14.2. The Balaban J connectivity index is 1.24. The van der Waals surface area contributed by atoms with Crippen molar-refractivity contribution in [1.29, 1.82) is 0 Å². The molecule has 0 aromatic carbocycles. The van der Waals surface area contributed by atoms with Gasteiger partial charge in [-0.2, -0.15) is 0 Å². The van der Waals surface area contributed by atoms with Gasteiger partial charge in [-0.05, 0) is 81.0 Å². The smallest absolute Gasteiger partial charge is 0.337 e. The molecule has 4 aliphatic carbocycles. The van der Waals surface area contributed by atoms with E-state index in [0.717, 1.165) is 31.3 Å². The van der Waals surface area contributed by atoms with Crippen molar-refractivity contribution in [2.75, 3.05) is 12.9 Å². The second kappa shape index (κ2) is 10.7. The molecule has 0 aromatic heterocycles. The quantitative estimate of drug-likeness (QED) is 0.227. The van der Waals surface area contributed by atoms with Crippen molar-refractivity contribution in [1.82, 2.24) is 0 Å². The normalized spacial score (nSPS) is 44.8. The molecule has 2 N–H and O–H groups in total. The number of cyclic esters (lactones) is 1. The number of hydrogen-bond acceptors (Lipinski definition) is 10. The van der Waals surface area contributed by atoms with Crippen molar-refractivity contribution >= 4 is 33.6 Å². The topological polar surface area (TPSA) is 175 Å². The molecule has 12 nitrogen and oxygen atoms in total. The summed E-state index contributed by atoms with van der Waals surface area (Å²) >= 11 is 0. The monoisotopic (exact) mass is 668 g/mol. The third kappa shape index (κ3) is 5.19. The molecule has 46 heavy (non-hydrogen) atoms. The van der Waals surface area contributed by atoms with Gasteiger partial charge in [0, 0.05) is 26.7 Å². The number of fused-ring (bicyclic) bond motifs is 4. The van der Waals surface area contributed by atoms with Crippen molar-refractivity contribution in [2.45, 2.75) is 117 Å². The van der Waals surface area contributed by atoms with E-state index < -0.39 is 57.1 Å². The predicted molar refractivity (Wildman–Crippen MR) is 163 cm³/mol. The minimum atomic E-state index is -5.49. The number of rotatable bonds is 7. The van der Waals surface area contributed by atoms with Crippen molar-refractivity contribution in [2.24, 2.45) is 40.4 Å². The van der Waals surface area contributed by atoms with E-state index in [1.54, 1.807) is 0 Å². The summed E-state index contributed by atoms with van der Waals surface area (Å²) in [6, 6.07) is 0. The molecule has 2 heterocycles. The third-order valence-electron chi connectivity index (χ3n) is 12.8. The highest BCUT2D eigenvalue weighted by molar-refractivity contribution is 8.05. The lowest BCUT2D eigenvalue weighted by Gasteiger charge is -2.60. The van der Waals surface area contributed by atoms with Crippen molar-refractivity contribution in [3.05, 3.63) is 11.1 Å². The van der Waals surface area contributed by atoms with Crippen LogP contribution in [0.25, 0.3) is 0 Å². The van der Waals surface area contributed by atoms with Gasteiger partial charge in [-0.25, -0.2) is 9.00 Å². The average molecular weight is 669 g/mol. The highest BCUT2D eigenvalue weighted by Gasteiger charge is 2.83. The molecule has 0 aromatic rings. The van der Waals surface area contributed by atoms with E-state index >= 15 is 0 Å². The molecule has 13 heteroatoms. The zero-order valence-electron chi connectivity index (χ0n) is 27.7. The van der Waals surface area contributed by atoms with Crippen LogP contribution in [0.2, 0.25) is 0 Å². The molecule has 6 aliphatic rings. The number of carbonyl (C=O) groups is 4. The Labute approximate surface area is 269 Å². The second-order valence-electron chi connectivity index (χ2n) is 15.4. The first-order valence-corrected chi connectivity index (χ1v) is 18.6. The molecule has 1 spiro atoms. The number of carbonyl (C=O) groups excluding carboxylic acids is 4. The molecule has 2 aliphatic heterocycles. The van der Waals surface area contributed by atoms with Gasteiger partial charge in [-0.15, -0.1) is 0 Å². The number of Topliss-reactive ketones (excluding diaryl/α,β-unsaturated/α-hetero) is 1. The minimum absolute atomic E-state index is 0.0541. The van der Waals surface area contributed by atoms with E-state index in [1.165, 1.54) is 13.8 Å². The third-order valence-corrected chi connectivity index (χ3v) is 13.5. The molecule has 0 bridgehead atoms. The molecule has 258 valence electrons. The first kappa shape index (κ1) is 33.7. The highest BCUT2D eigenvalue weighted by atomic mass is 32.3. The molecule has 6 rings (SSSR count). The van der Waals surface area contributed by atoms with Gasteiger partial charge in [0.25, 0.3) is 0 Å². The molecular weight excluding hydrogens is 620 g/mol. The van der Waals surface area contributed by atoms with Crippen molar-refractivity contribution in [3.63, 3.8) is 0 Å². The lowest BCUT2D eigenvalue weighted by molar-refractivity contribution is -0.193. The van der Waals surface area contributed by atoms with Gasteiger partial charge in [-0.1, -0.05) is 19.4 Å². The number of ketones is 1. The fourth-order valence-corrected chi connectivity index (χ4v) is 11.6. The van der Waals surface area contributed by atoms with Crippen LogP contribution >= 0.6 is 0 Å². The molecule has 12 atom stereocenters. The van der Waals surface area contributed by atoms with Gasteiger partial charge >= 0.3 is 17.9 Å². The number of hydrogen-bond donors (Lipinski definition) is 2. The van der Waals surface area contributed by atoms with Gasteiger partial charge in [0.05, 0.1) is 23.3 Å². The van der Waals surface area contributed by atoms with Gasteiger partial charge in [0.1, 0.15) is 30.2 Å². The zero-order chi connectivity index (χ0) is 33.8. The summed E-state index contributed by atoms with van der Waals surface area (Å²) in [5, 5.41) is 0. The number of epoxide rings is 1. The van der Waals surface area contributed by atoms with Gasteiger partial charge < -0.3 is 18.9 Å². The van der Waals surface area contributed by atoms with Crippen LogP contribution in [0.3, 0.4) is 0 Å². The Bertz CT molecular complexity index is 1450. The first-order valence-electron chi connectivity index (χ1n) is 16.4. The van der Waals surface area contributed by atoms with Gasteiger partial charge in [-0.3, -0.25) is 27.7 Å². The highest BCUT2D eigenvalue weighted by Crippen LogP contribution is 2.74. The summed E-state index contributed by atoms with van der Waals surface area (Å²) in [5.41, 5.74) is -0.978. The summed E-state index contributed by atoms with van der Waals surface area (Å²) in [4.78, 5) is 50.7. The van der Waals surface area contributed by atoms with Crippen LogP contribution in [0.4, 0.5) is 0 Å². The summed E-state index contributed by atoms with van der Waals surface area (Å²) in [5.74, 6) is -0.895. The molecule has 0 radical (unpaired) electrons. The lowest BCUT2D eigenvalue weighted by Crippen LogP contribution is -2.69. The van der Waals surface area contributed by atoms with E-state index in [1.807, 2.05) is 13.8 Å². The second-order valence-corrected chi connectivity index (χ2v) is 17.9. The SMILES string of the molecule is CC(=O)OCC1=C(C)CC([C@@H](C)C2CCC3C4C[C@H]5OC56[C@@H](OC(C)=O)[C@@H](OS(C)(=O)(O)O)CC(=O)[C@]6(C)C4CC[C@@]32C)OC1=O. The van der Waals surface area contributed by atoms with E-state index in [2.05, 4.69) is 13.8 Å². The Morgan fingerprint density at radius 3 is 2.37 bits per heavy atom. The number of ether oxygens (including phenoxy) is 4. The van der Waals surface area contributed by atoms with Crippen molar-refractivity contribution < 1.29 is 55.6 Å². The van der Waals surface area contributed by atoms with Crippen molar-refractivity contribution in [3.8, 4) is 0 Å². The van der Waals surface area contributed by atoms with Crippen LogP contribution in [-0.2, 0) is 52.2 Å². The fourth-order valence-electron chi connectivity index (χ4n) is 10.9. The Morgan fingerprint density at radius 1 is 1.07 bits per heavy atom. The predicted octanol–water partition coefficient (Wildman–Crippen LogP) is 4.02. The molecule has 4 saturated carbocycles. The molecule has 1 saturated heterocycles. The van der Waals surface area contributed by atoms with E-state index in [-0.39, 0.29) is 54.0 Å². The lowest BCUT2D eigenvalue weighted by atomic mass is 9.43. The molecule has 5 fully saturated rings. The maximum Gasteiger partial charge on any atom is 0.337 e. The van der Waals surface area contributed by atoms with E-state index in [4.69, 9.17) is 23.1 Å². The van der Waals surface area contributed by atoms with Crippen LogP contribution in [0.1, 0.15) is 86.5 Å². The first-order chi connectivity index (χ1) is 21.2. The summed E-state index contributed by atoms with van der Waals surface area (Å²) in [6.45, 7) is 10.8. The van der Waals surface area contributed by atoms with Crippen LogP contribution in [0.5, 0.6) is 0 Å².